The predicted octanol–water partition coefficient (Wildman–Crippen LogP) is 0.540. The molecule has 0 fully saturated rings. The number of methoxy groups -OCH3 is 1. The van der Waals surface area contributed by atoms with Crippen LogP contribution in [0.3, 0.4) is 0 Å². The Labute approximate surface area is 124 Å². The van der Waals surface area contributed by atoms with Gasteiger partial charge in [0, 0.05) is 6.07 Å². The van der Waals surface area contributed by atoms with E-state index in [-0.39, 0.29) is 23.9 Å². The Balaban J connectivity index is 2.39. The standard InChI is InChI=1S/C12H13F2N3O3S/c1-20-11(19)6-15-10(18)5-16-12(21)17-9-4-7(13)2-3-8(9)14/h2-4H,5-6H2,1H3,(H,15,18)(H2,16,17,21). The molecule has 0 heterocycles. The van der Waals surface area contributed by atoms with Gasteiger partial charge in [-0.25, -0.2) is 8.78 Å². The Morgan fingerprint density at radius 2 is 1.95 bits per heavy atom. The molecule has 0 bridgehead atoms. The van der Waals surface area contributed by atoms with Gasteiger partial charge in [0.25, 0.3) is 0 Å². The van der Waals surface area contributed by atoms with E-state index in [4.69, 9.17) is 12.2 Å². The zero-order chi connectivity index (χ0) is 15.8. The Kier molecular flexibility index (Phi) is 6.47. The lowest BCUT2D eigenvalue weighted by Crippen LogP contribution is -2.40. The molecule has 21 heavy (non-hydrogen) atoms. The van der Waals surface area contributed by atoms with Crippen LogP contribution in [0, 0.1) is 11.6 Å². The van der Waals surface area contributed by atoms with Gasteiger partial charge in [0.1, 0.15) is 18.2 Å². The summed E-state index contributed by atoms with van der Waals surface area (Å²) in [6, 6.07) is 2.85. The average molecular weight is 317 g/mol. The summed E-state index contributed by atoms with van der Waals surface area (Å²) in [5, 5.41) is 7.12. The largest absolute Gasteiger partial charge is 0.468 e. The van der Waals surface area contributed by atoms with Crippen molar-refractivity contribution >= 4 is 34.9 Å². The normalized spacial score (nSPS) is 9.67. The third kappa shape index (κ3) is 6.13. The minimum Gasteiger partial charge on any atom is -0.468 e. The molecule has 1 amide bonds. The van der Waals surface area contributed by atoms with E-state index >= 15 is 0 Å². The third-order valence-electron chi connectivity index (χ3n) is 2.24. The van der Waals surface area contributed by atoms with Gasteiger partial charge in [-0.05, 0) is 24.4 Å². The lowest BCUT2D eigenvalue weighted by molar-refractivity contribution is -0.141. The fourth-order valence-electron chi connectivity index (χ4n) is 1.23. The van der Waals surface area contributed by atoms with Crippen molar-refractivity contribution in [2.45, 2.75) is 0 Å². The van der Waals surface area contributed by atoms with E-state index in [0.29, 0.717) is 0 Å². The van der Waals surface area contributed by atoms with Crippen LogP contribution in [0.5, 0.6) is 0 Å². The summed E-state index contributed by atoms with van der Waals surface area (Å²) < 4.78 is 30.6. The van der Waals surface area contributed by atoms with Crippen molar-refractivity contribution in [3.63, 3.8) is 0 Å². The SMILES string of the molecule is COC(=O)CNC(=O)CNC(=S)Nc1cc(F)ccc1F. The maximum Gasteiger partial charge on any atom is 0.325 e. The first-order chi connectivity index (χ1) is 9.92. The molecule has 0 aliphatic carbocycles. The summed E-state index contributed by atoms with van der Waals surface area (Å²) in [5.41, 5.74) is -0.150. The molecule has 0 aliphatic heterocycles. The van der Waals surface area contributed by atoms with Gasteiger partial charge in [-0.1, -0.05) is 0 Å². The summed E-state index contributed by atoms with van der Waals surface area (Å²) in [7, 11) is 1.19. The molecule has 0 spiro atoms. The minimum absolute atomic E-state index is 0.0623. The number of ether oxygens (including phenoxy) is 1. The molecule has 0 unspecified atom stereocenters. The highest BCUT2D eigenvalue weighted by atomic mass is 32.1. The van der Waals surface area contributed by atoms with Gasteiger partial charge in [-0.2, -0.15) is 0 Å². The molecule has 9 heteroatoms. The second kappa shape index (κ2) is 8.10. The fraction of sp³-hybridized carbons (Fsp3) is 0.250. The number of hydrogen-bond acceptors (Lipinski definition) is 4. The molecule has 0 aromatic heterocycles. The topological polar surface area (TPSA) is 79.5 Å². The van der Waals surface area contributed by atoms with Gasteiger partial charge in [-0.3, -0.25) is 9.59 Å². The zero-order valence-electron chi connectivity index (χ0n) is 11.0. The second-order valence-electron chi connectivity index (χ2n) is 3.78. The molecule has 0 saturated heterocycles. The Morgan fingerprint density at radius 3 is 2.62 bits per heavy atom. The number of carbonyl (C=O) groups excluding carboxylic acids is 2. The number of benzene rings is 1. The first-order valence-electron chi connectivity index (χ1n) is 5.75. The minimum atomic E-state index is -0.685. The molecule has 0 aliphatic rings. The van der Waals surface area contributed by atoms with E-state index in [1.807, 2.05) is 0 Å². The molecule has 3 N–H and O–H groups in total. The zero-order valence-corrected chi connectivity index (χ0v) is 11.9. The number of nitrogens with one attached hydrogen (secondary N) is 3. The van der Waals surface area contributed by atoms with Crippen molar-refractivity contribution in [1.29, 1.82) is 0 Å². The van der Waals surface area contributed by atoms with Gasteiger partial charge >= 0.3 is 5.97 Å². The predicted molar refractivity (Wildman–Crippen MR) is 75.6 cm³/mol. The van der Waals surface area contributed by atoms with Gasteiger partial charge < -0.3 is 20.7 Å². The molecular weight excluding hydrogens is 304 g/mol. The van der Waals surface area contributed by atoms with Crippen molar-refractivity contribution < 1.29 is 23.1 Å². The van der Waals surface area contributed by atoms with Gasteiger partial charge in [0.15, 0.2) is 5.11 Å². The Hall–Kier alpha value is -2.29. The quantitative estimate of drug-likeness (QED) is 0.543. The highest BCUT2D eigenvalue weighted by Crippen LogP contribution is 2.14. The molecular formula is C12H13F2N3O3S. The summed E-state index contributed by atoms with van der Waals surface area (Å²) in [5.74, 6) is -2.41. The first-order valence-corrected chi connectivity index (χ1v) is 6.16. The number of hydrogen-bond donors (Lipinski definition) is 3. The maximum absolute atomic E-state index is 13.3. The number of thiocarbonyl (C=S) groups is 1. The van der Waals surface area contributed by atoms with Crippen LogP contribution in [0.1, 0.15) is 0 Å². The van der Waals surface area contributed by atoms with Crippen molar-refractivity contribution in [2.24, 2.45) is 0 Å². The smallest absolute Gasteiger partial charge is 0.325 e. The number of carbonyl (C=O) groups is 2. The van der Waals surface area contributed by atoms with Crippen LogP contribution in [0.2, 0.25) is 0 Å². The molecule has 0 saturated carbocycles. The van der Waals surface area contributed by atoms with E-state index in [1.54, 1.807) is 0 Å². The average Bonchev–Trinajstić information content (AvgIpc) is 2.46. The van der Waals surface area contributed by atoms with Crippen LogP contribution in [0.4, 0.5) is 14.5 Å². The Morgan fingerprint density at radius 1 is 1.24 bits per heavy atom. The highest BCUT2D eigenvalue weighted by Gasteiger charge is 2.08. The molecule has 1 aromatic rings. The van der Waals surface area contributed by atoms with Crippen molar-refractivity contribution in [3.8, 4) is 0 Å². The van der Waals surface area contributed by atoms with E-state index in [9.17, 15) is 18.4 Å². The molecule has 1 rings (SSSR count). The number of amides is 1. The lowest BCUT2D eigenvalue weighted by Gasteiger charge is -2.11. The van der Waals surface area contributed by atoms with Crippen molar-refractivity contribution in [3.05, 3.63) is 29.8 Å². The van der Waals surface area contributed by atoms with E-state index < -0.39 is 23.5 Å². The summed E-state index contributed by atoms with van der Waals surface area (Å²) >= 11 is 4.83. The number of anilines is 1. The summed E-state index contributed by atoms with van der Waals surface area (Å²) in [6.45, 7) is -0.504. The number of esters is 1. The van der Waals surface area contributed by atoms with Crippen LogP contribution < -0.4 is 16.0 Å². The van der Waals surface area contributed by atoms with E-state index in [1.165, 1.54) is 7.11 Å². The van der Waals surface area contributed by atoms with E-state index in [0.717, 1.165) is 18.2 Å². The molecule has 0 radical (unpaired) electrons. The molecule has 1 aromatic carbocycles. The fourth-order valence-corrected chi connectivity index (χ4v) is 1.41. The number of halogens is 2. The van der Waals surface area contributed by atoms with Gasteiger partial charge in [0.05, 0.1) is 19.3 Å². The van der Waals surface area contributed by atoms with Crippen LogP contribution in [0.15, 0.2) is 18.2 Å². The van der Waals surface area contributed by atoms with Crippen molar-refractivity contribution in [2.75, 3.05) is 25.5 Å². The van der Waals surface area contributed by atoms with Crippen LogP contribution in [-0.4, -0.2) is 37.2 Å². The molecule has 6 nitrogen and oxygen atoms in total. The second-order valence-corrected chi connectivity index (χ2v) is 4.19. The lowest BCUT2D eigenvalue weighted by atomic mass is 10.3. The van der Waals surface area contributed by atoms with Gasteiger partial charge in [-0.15, -0.1) is 0 Å². The van der Waals surface area contributed by atoms with Crippen LogP contribution in [0.25, 0.3) is 0 Å². The number of rotatable bonds is 5. The first kappa shape index (κ1) is 16.8. The molecule has 0 atom stereocenters. The molecule has 114 valence electrons. The van der Waals surface area contributed by atoms with E-state index in [2.05, 4.69) is 20.7 Å². The van der Waals surface area contributed by atoms with Crippen molar-refractivity contribution in [1.82, 2.24) is 10.6 Å². The summed E-state index contributed by atoms with van der Waals surface area (Å²) in [6.07, 6.45) is 0. The maximum atomic E-state index is 13.3. The highest BCUT2D eigenvalue weighted by molar-refractivity contribution is 7.80. The van der Waals surface area contributed by atoms with Gasteiger partial charge in [0.2, 0.25) is 5.91 Å². The monoisotopic (exact) mass is 317 g/mol. The summed E-state index contributed by atoms with van der Waals surface area (Å²) in [4.78, 5) is 22.1. The third-order valence-corrected chi connectivity index (χ3v) is 2.49. The van der Waals surface area contributed by atoms with Crippen LogP contribution >= 0.6 is 12.2 Å². The van der Waals surface area contributed by atoms with Crippen LogP contribution in [-0.2, 0) is 14.3 Å². The Bertz CT molecular complexity index is 555.